The highest BCUT2D eigenvalue weighted by atomic mass is 16.5. The maximum Gasteiger partial charge on any atom is 0.185 e. The summed E-state index contributed by atoms with van der Waals surface area (Å²) in [6.45, 7) is 11.7. The van der Waals surface area contributed by atoms with Gasteiger partial charge < -0.3 is 14.2 Å². The van der Waals surface area contributed by atoms with Gasteiger partial charge in [0.1, 0.15) is 12.4 Å². The first-order chi connectivity index (χ1) is 15.1. The lowest BCUT2D eigenvalue weighted by atomic mass is 10.0. The van der Waals surface area contributed by atoms with Crippen molar-refractivity contribution in [3.8, 4) is 17.2 Å². The van der Waals surface area contributed by atoms with Crippen LogP contribution < -0.4 is 14.2 Å². The molecule has 31 heavy (non-hydrogen) atoms. The van der Waals surface area contributed by atoms with Crippen LogP contribution in [-0.4, -0.2) is 25.6 Å². The number of allylic oxidation sites excluding steroid dienone is 1. The van der Waals surface area contributed by atoms with E-state index in [1.807, 2.05) is 12.1 Å². The minimum atomic E-state index is -0.0605. The molecule has 0 unspecified atom stereocenters. The van der Waals surface area contributed by atoms with Gasteiger partial charge in [0.15, 0.2) is 17.3 Å². The van der Waals surface area contributed by atoms with Crippen molar-refractivity contribution in [3.05, 3.63) is 71.8 Å². The number of benzene rings is 2. The molecule has 2 aromatic carbocycles. The molecular weight excluding hydrogens is 388 g/mol. The summed E-state index contributed by atoms with van der Waals surface area (Å²) in [7, 11) is 0. The predicted molar refractivity (Wildman–Crippen MR) is 128 cm³/mol. The second kappa shape index (κ2) is 13.3. The third-order valence-electron chi connectivity index (χ3n) is 4.52. The van der Waals surface area contributed by atoms with Crippen LogP contribution in [0.4, 0.5) is 0 Å². The van der Waals surface area contributed by atoms with Crippen LogP contribution in [0.2, 0.25) is 0 Å². The molecule has 0 heterocycles. The van der Waals surface area contributed by atoms with E-state index in [9.17, 15) is 4.79 Å². The van der Waals surface area contributed by atoms with Crippen LogP contribution in [0, 0.1) is 0 Å². The molecule has 0 aromatic heterocycles. The van der Waals surface area contributed by atoms with Crippen LogP contribution in [0.3, 0.4) is 0 Å². The number of hydrogen-bond donors (Lipinski definition) is 0. The first kappa shape index (κ1) is 24.3. The number of carbonyl (C=O) groups excluding carboxylic acids is 1. The average molecular weight is 423 g/mol. The SMILES string of the molecule is C=CCOc1ccc(C(=O)/C=C/c2cc(CCC)c(OCCC)c(OCCC)c2)cc1. The van der Waals surface area contributed by atoms with Gasteiger partial charge in [0, 0.05) is 5.56 Å². The zero-order valence-corrected chi connectivity index (χ0v) is 19.0. The van der Waals surface area contributed by atoms with Gasteiger partial charge in [0.2, 0.25) is 0 Å². The molecule has 2 aromatic rings. The topological polar surface area (TPSA) is 44.8 Å². The Balaban J connectivity index is 2.25. The lowest BCUT2D eigenvalue weighted by Crippen LogP contribution is -2.05. The third-order valence-corrected chi connectivity index (χ3v) is 4.52. The van der Waals surface area contributed by atoms with E-state index >= 15 is 0 Å². The van der Waals surface area contributed by atoms with Crippen molar-refractivity contribution in [2.24, 2.45) is 0 Å². The zero-order valence-electron chi connectivity index (χ0n) is 19.0. The smallest absolute Gasteiger partial charge is 0.185 e. The van der Waals surface area contributed by atoms with Gasteiger partial charge in [-0.25, -0.2) is 0 Å². The van der Waals surface area contributed by atoms with Crippen LogP contribution in [0.25, 0.3) is 6.08 Å². The van der Waals surface area contributed by atoms with E-state index in [0.717, 1.165) is 48.3 Å². The van der Waals surface area contributed by atoms with Crippen molar-refractivity contribution in [2.45, 2.75) is 46.5 Å². The Labute approximate surface area is 186 Å². The zero-order chi connectivity index (χ0) is 22.5. The van der Waals surface area contributed by atoms with Gasteiger partial charge in [-0.15, -0.1) is 0 Å². The first-order valence-electron chi connectivity index (χ1n) is 11.1. The maximum atomic E-state index is 12.6. The maximum absolute atomic E-state index is 12.6. The Morgan fingerprint density at radius 2 is 1.65 bits per heavy atom. The van der Waals surface area contributed by atoms with Gasteiger partial charge >= 0.3 is 0 Å². The van der Waals surface area contributed by atoms with Crippen molar-refractivity contribution < 1.29 is 19.0 Å². The van der Waals surface area contributed by atoms with Crippen molar-refractivity contribution in [1.82, 2.24) is 0 Å². The number of hydrogen-bond acceptors (Lipinski definition) is 4. The Bertz CT molecular complexity index is 866. The van der Waals surface area contributed by atoms with E-state index in [-0.39, 0.29) is 5.78 Å². The molecule has 0 amide bonds. The standard InChI is InChI=1S/C27H34O4/c1-5-9-23-19-21(20-26(30-17-7-3)27(23)31-18-8-4)10-15-25(28)22-11-13-24(14-12-22)29-16-6-2/h6,10-15,19-20H,2,5,7-9,16-18H2,1,3-4H3/b15-10+. The second-order valence-corrected chi connectivity index (χ2v) is 7.28. The predicted octanol–water partition coefficient (Wildman–Crippen LogP) is 6.68. The fraction of sp³-hybridized carbons (Fsp3) is 0.370. The highest BCUT2D eigenvalue weighted by Crippen LogP contribution is 2.35. The minimum absolute atomic E-state index is 0.0605. The Morgan fingerprint density at radius 1 is 0.935 bits per heavy atom. The Hall–Kier alpha value is -3.01. The van der Waals surface area contributed by atoms with E-state index in [0.29, 0.717) is 31.1 Å². The molecule has 0 aliphatic carbocycles. The molecule has 4 heteroatoms. The van der Waals surface area contributed by atoms with Crippen LogP contribution in [-0.2, 0) is 6.42 Å². The van der Waals surface area contributed by atoms with Crippen LogP contribution >= 0.6 is 0 Å². The molecule has 166 valence electrons. The fourth-order valence-electron chi connectivity index (χ4n) is 3.06. The molecule has 0 aliphatic rings. The van der Waals surface area contributed by atoms with Crippen molar-refractivity contribution >= 4 is 11.9 Å². The number of aryl methyl sites for hydroxylation is 1. The molecule has 0 aliphatic heterocycles. The molecule has 0 radical (unpaired) electrons. The number of carbonyl (C=O) groups is 1. The summed E-state index contributed by atoms with van der Waals surface area (Å²) in [6, 6.07) is 11.2. The quantitative estimate of drug-likeness (QED) is 0.194. The highest BCUT2D eigenvalue weighted by Gasteiger charge is 2.13. The van der Waals surface area contributed by atoms with Crippen LogP contribution in [0.5, 0.6) is 17.2 Å². The van der Waals surface area contributed by atoms with Gasteiger partial charge in [0.05, 0.1) is 13.2 Å². The average Bonchev–Trinajstić information content (AvgIpc) is 2.79. The summed E-state index contributed by atoms with van der Waals surface area (Å²) in [5.41, 5.74) is 2.65. The van der Waals surface area contributed by atoms with Gasteiger partial charge in [-0.2, -0.15) is 0 Å². The monoisotopic (exact) mass is 422 g/mol. The van der Waals surface area contributed by atoms with E-state index in [2.05, 4.69) is 33.4 Å². The summed E-state index contributed by atoms with van der Waals surface area (Å²) in [5, 5.41) is 0. The Kier molecular flexibility index (Phi) is 10.4. The number of rotatable bonds is 14. The third kappa shape index (κ3) is 7.63. The molecule has 0 saturated heterocycles. The van der Waals surface area contributed by atoms with E-state index < -0.39 is 0 Å². The normalized spacial score (nSPS) is 10.8. The van der Waals surface area contributed by atoms with E-state index in [1.165, 1.54) is 0 Å². The minimum Gasteiger partial charge on any atom is -0.490 e. The van der Waals surface area contributed by atoms with Gasteiger partial charge in [0.25, 0.3) is 0 Å². The molecule has 0 bridgehead atoms. The van der Waals surface area contributed by atoms with E-state index in [1.54, 1.807) is 36.4 Å². The largest absolute Gasteiger partial charge is 0.490 e. The first-order valence-corrected chi connectivity index (χ1v) is 11.1. The summed E-state index contributed by atoms with van der Waals surface area (Å²) in [4.78, 5) is 12.6. The lowest BCUT2D eigenvalue weighted by Gasteiger charge is -2.17. The molecular formula is C27H34O4. The number of ketones is 1. The lowest BCUT2D eigenvalue weighted by molar-refractivity contribution is 0.104. The Morgan fingerprint density at radius 3 is 2.29 bits per heavy atom. The van der Waals surface area contributed by atoms with E-state index in [4.69, 9.17) is 14.2 Å². The molecule has 0 fully saturated rings. The fourth-order valence-corrected chi connectivity index (χ4v) is 3.06. The summed E-state index contributed by atoms with van der Waals surface area (Å²) >= 11 is 0. The molecule has 0 N–H and O–H groups in total. The number of ether oxygens (including phenoxy) is 3. The van der Waals surface area contributed by atoms with Gasteiger partial charge in [-0.3, -0.25) is 4.79 Å². The molecule has 0 saturated carbocycles. The van der Waals surface area contributed by atoms with Crippen molar-refractivity contribution in [2.75, 3.05) is 19.8 Å². The van der Waals surface area contributed by atoms with Crippen LogP contribution in [0.15, 0.2) is 55.1 Å². The summed E-state index contributed by atoms with van der Waals surface area (Å²) in [5.74, 6) is 2.23. The molecule has 0 atom stereocenters. The second-order valence-electron chi connectivity index (χ2n) is 7.28. The van der Waals surface area contributed by atoms with Crippen LogP contribution in [0.1, 0.15) is 61.5 Å². The molecule has 2 rings (SSSR count). The summed E-state index contributed by atoms with van der Waals surface area (Å²) in [6.07, 6.45) is 8.87. The van der Waals surface area contributed by atoms with Gasteiger partial charge in [-0.1, -0.05) is 45.9 Å². The van der Waals surface area contributed by atoms with Gasteiger partial charge in [-0.05, 0) is 72.9 Å². The molecule has 4 nitrogen and oxygen atoms in total. The molecule has 0 spiro atoms. The van der Waals surface area contributed by atoms with Crippen molar-refractivity contribution in [3.63, 3.8) is 0 Å². The summed E-state index contributed by atoms with van der Waals surface area (Å²) < 4.78 is 17.5. The highest BCUT2D eigenvalue weighted by molar-refractivity contribution is 6.06. The van der Waals surface area contributed by atoms with Crippen molar-refractivity contribution in [1.29, 1.82) is 0 Å².